The first-order valence-electron chi connectivity index (χ1n) is 6.84. The molecule has 0 aliphatic rings. The van der Waals surface area contributed by atoms with Gasteiger partial charge in [0, 0.05) is 6.20 Å². The van der Waals surface area contributed by atoms with E-state index < -0.39 is 35.7 Å². The number of hydrogen-bond donors (Lipinski definition) is 3. The zero-order valence-corrected chi connectivity index (χ0v) is 12.5. The fourth-order valence-corrected chi connectivity index (χ4v) is 1.74. The maximum atomic E-state index is 12.6. The Balaban J connectivity index is 1.86. The van der Waals surface area contributed by atoms with Gasteiger partial charge in [0.25, 0.3) is 17.4 Å². The minimum absolute atomic E-state index is 0.157. The Hall–Kier alpha value is -3.30. The maximum Gasteiger partial charge on any atom is 0.416 e. The van der Waals surface area contributed by atoms with E-state index in [0.29, 0.717) is 0 Å². The number of amides is 2. The third kappa shape index (κ3) is 5.09. The number of nitrogens with one attached hydrogen (secondary N) is 3. The van der Waals surface area contributed by atoms with Crippen molar-refractivity contribution in [3.8, 4) is 5.75 Å². The van der Waals surface area contributed by atoms with Crippen LogP contribution in [0.3, 0.4) is 0 Å². The van der Waals surface area contributed by atoms with Crippen molar-refractivity contribution in [2.45, 2.75) is 6.18 Å². The van der Waals surface area contributed by atoms with Crippen LogP contribution >= 0.6 is 0 Å². The molecular weight excluding hydrogens is 343 g/mol. The summed E-state index contributed by atoms with van der Waals surface area (Å²) < 4.78 is 42.6. The van der Waals surface area contributed by atoms with E-state index in [1.54, 1.807) is 0 Å². The highest BCUT2D eigenvalue weighted by atomic mass is 19.4. The van der Waals surface area contributed by atoms with Crippen molar-refractivity contribution in [2.24, 2.45) is 0 Å². The molecule has 0 bridgehead atoms. The number of aromatic amines is 1. The van der Waals surface area contributed by atoms with E-state index in [4.69, 9.17) is 4.74 Å². The molecule has 0 saturated heterocycles. The van der Waals surface area contributed by atoms with Crippen molar-refractivity contribution in [1.29, 1.82) is 0 Å². The molecule has 1 aromatic carbocycles. The first-order valence-corrected chi connectivity index (χ1v) is 6.84. The topological polar surface area (TPSA) is 100 Å². The highest BCUT2D eigenvalue weighted by molar-refractivity contribution is 5.95. The largest absolute Gasteiger partial charge is 0.484 e. The van der Waals surface area contributed by atoms with Gasteiger partial charge in [-0.2, -0.15) is 13.2 Å². The summed E-state index contributed by atoms with van der Waals surface area (Å²) in [5.74, 6) is -1.83. The average Bonchev–Trinajstić information content (AvgIpc) is 2.58. The molecule has 1 aromatic heterocycles. The predicted molar refractivity (Wildman–Crippen MR) is 79.6 cm³/mol. The third-order valence-electron chi connectivity index (χ3n) is 2.91. The number of carbonyl (C=O) groups excluding carboxylic acids is 2. The molecule has 0 unspecified atom stereocenters. The van der Waals surface area contributed by atoms with Crippen LogP contribution < -0.4 is 21.1 Å². The van der Waals surface area contributed by atoms with Gasteiger partial charge in [0.15, 0.2) is 6.61 Å². The second-order valence-electron chi connectivity index (χ2n) is 4.73. The molecule has 0 fully saturated rings. The zero-order valence-electron chi connectivity index (χ0n) is 12.5. The molecular formula is C15H12F3N3O4. The van der Waals surface area contributed by atoms with E-state index in [1.165, 1.54) is 24.4 Å². The number of pyridine rings is 1. The van der Waals surface area contributed by atoms with Crippen molar-refractivity contribution in [2.75, 3.05) is 6.61 Å². The molecule has 0 atom stereocenters. The van der Waals surface area contributed by atoms with Crippen LogP contribution in [-0.2, 0) is 11.0 Å². The summed E-state index contributed by atoms with van der Waals surface area (Å²) >= 11 is 0. The van der Waals surface area contributed by atoms with Gasteiger partial charge in [0.05, 0.1) is 5.56 Å². The Morgan fingerprint density at radius 2 is 1.88 bits per heavy atom. The van der Waals surface area contributed by atoms with Gasteiger partial charge in [0.2, 0.25) is 0 Å². The monoisotopic (exact) mass is 355 g/mol. The van der Waals surface area contributed by atoms with Crippen LogP contribution in [-0.4, -0.2) is 23.4 Å². The first kappa shape index (κ1) is 18.0. The highest BCUT2D eigenvalue weighted by Gasteiger charge is 2.30. The maximum absolute atomic E-state index is 12.6. The Kier molecular flexibility index (Phi) is 5.42. The Morgan fingerprint density at radius 3 is 2.56 bits per heavy atom. The lowest BCUT2D eigenvalue weighted by atomic mass is 10.2. The van der Waals surface area contributed by atoms with Gasteiger partial charge in [-0.1, -0.05) is 6.07 Å². The molecule has 132 valence electrons. The highest BCUT2D eigenvalue weighted by Crippen LogP contribution is 2.31. The number of hydrazine groups is 1. The van der Waals surface area contributed by atoms with Crippen LogP contribution in [0.15, 0.2) is 47.4 Å². The number of aromatic nitrogens is 1. The average molecular weight is 355 g/mol. The number of alkyl halides is 3. The lowest BCUT2D eigenvalue weighted by Crippen LogP contribution is -2.45. The second-order valence-corrected chi connectivity index (χ2v) is 4.73. The zero-order chi connectivity index (χ0) is 18.4. The normalized spacial score (nSPS) is 10.8. The molecule has 1 heterocycles. The molecule has 25 heavy (non-hydrogen) atoms. The number of H-pyrrole nitrogens is 1. The molecule has 0 aliphatic carbocycles. The lowest BCUT2D eigenvalue weighted by Gasteiger charge is -2.10. The molecule has 0 radical (unpaired) electrons. The van der Waals surface area contributed by atoms with Gasteiger partial charge < -0.3 is 9.72 Å². The second kappa shape index (κ2) is 7.51. The minimum atomic E-state index is -4.53. The van der Waals surface area contributed by atoms with E-state index >= 15 is 0 Å². The molecule has 7 nitrogen and oxygen atoms in total. The number of ether oxygens (including phenoxy) is 1. The first-order chi connectivity index (χ1) is 11.8. The van der Waals surface area contributed by atoms with Crippen molar-refractivity contribution in [3.63, 3.8) is 0 Å². The molecule has 0 saturated carbocycles. The number of benzene rings is 1. The molecule has 0 spiro atoms. The summed E-state index contributed by atoms with van der Waals surface area (Å²) in [6.07, 6.45) is -3.20. The molecule has 10 heteroatoms. The Bertz CT molecular complexity index is 833. The number of carbonyl (C=O) groups is 2. The minimum Gasteiger partial charge on any atom is -0.484 e. The van der Waals surface area contributed by atoms with Crippen molar-refractivity contribution in [1.82, 2.24) is 15.8 Å². The van der Waals surface area contributed by atoms with E-state index in [1.807, 2.05) is 10.9 Å². The summed E-state index contributed by atoms with van der Waals surface area (Å²) in [4.78, 5) is 36.9. The summed E-state index contributed by atoms with van der Waals surface area (Å²) in [7, 11) is 0. The van der Waals surface area contributed by atoms with Crippen molar-refractivity contribution < 1.29 is 27.5 Å². The lowest BCUT2D eigenvalue weighted by molar-refractivity contribution is -0.137. The van der Waals surface area contributed by atoms with Crippen molar-refractivity contribution in [3.05, 3.63) is 64.1 Å². The van der Waals surface area contributed by atoms with Gasteiger partial charge in [-0.25, -0.2) is 0 Å². The van der Waals surface area contributed by atoms with Gasteiger partial charge in [0.1, 0.15) is 11.3 Å². The van der Waals surface area contributed by atoms with Crippen LogP contribution in [0.4, 0.5) is 13.2 Å². The Labute approximate surface area is 138 Å². The van der Waals surface area contributed by atoms with E-state index in [2.05, 4.69) is 4.98 Å². The van der Waals surface area contributed by atoms with Crippen LogP contribution in [0.25, 0.3) is 0 Å². The third-order valence-corrected chi connectivity index (χ3v) is 2.91. The fourth-order valence-electron chi connectivity index (χ4n) is 1.74. The summed E-state index contributed by atoms with van der Waals surface area (Å²) in [6.45, 7) is -0.632. The van der Waals surface area contributed by atoms with Crippen molar-refractivity contribution >= 4 is 11.8 Å². The van der Waals surface area contributed by atoms with Crippen LogP contribution in [0.1, 0.15) is 15.9 Å². The SMILES string of the molecule is O=C(COc1cccc(C(F)(F)F)c1)NNC(=O)c1ccc[nH]c1=O. The fraction of sp³-hybridized carbons (Fsp3) is 0.133. The summed E-state index contributed by atoms with van der Waals surface area (Å²) in [5, 5.41) is 0. The van der Waals surface area contributed by atoms with Crippen LogP contribution in [0, 0.1) is 0 Å². The van der Waals surface area contributed by atoms with E-state index in [9.17, 15) is 27.6 Å². The summed E-state index contributed by atoms with van der Waals surface area (Å²) in [5.41, 5.74) is 2.20. The van der Waals surface area contributed by atoms with Crippen LogP contribution in [0.5, 0.6) is 5.75 Å². The standard InChI is InChI=1S/C15H12F3N3O4/c16-15(17,18)9-3-1-4-10(7-9)25-8-12(22)20-21-14(24)11-5-2-6-19-13(11)23/h1-7H,8H2,(H,19,23)(H,20,22)(H,21,24). The van der Waals surface area contributed by atoms with Crippen LogP contribution in [0.2, 0.25) is 0 Å². The molecule has 2 amide bonds. The number of halogens is 3. The smallest absolute Gasteiger partial charge is 0.416 e. The quantitative estimate of drug-likeness (QED) is 0.718. The summed E-state index contributed by atoms with van der Waals surface area (Å²) in [6, 6.07) is 6.68. The molecule has 3 N–H and O–H groups in total. The van der Waals surface area contributed by atoms with Gasteiger partial charge >= 0.3 is 6.18 Å². The van der Waals surface area contributed by atoms with Gasteiger partial charge in [-0.15, -0.1) is 0 Å². The molecule has 2 aromatic rings. The van der Waals surface area contributed by atoms with Gasteiger partial charge in [-0.05, 0) is 30.3 Å². The number of rotatable bonds is 4. The predicted octanol–water partition coefficient (Wildman–Crippen LogP) is 1.23. The van der Waals surface area contributed by atoms with E-state index in [0.717, 1.165) is 18.2 Å². The number of hydrogen-bond acceptors (Lipinski definition) is 4. The molecule has 0 aliphatic heterocycles. The Morgan fingerprint density at radius 1 is 1.12 bits per heavy atom. The van der Waals surface area contributed by atoms with E-state index in [-0.39, 0.29) is 11.3 Å². The van der Waals surface area contributed by atoms with Gasteiger partial charge in [-0.3, -0.25) is 25.2 Å². The molecule has 2 rings (SSSR count).